The molecule has 3 rings (SSSR count). The maximum atomic E-state index is 6.23. The minimum Gasteiger partial charge on any atom is -0.497 e. The van der Waals surface area contributed by atoms with Crippen molar-refractivity contribution in [3.8, 4) is 11.5 Å². The fourth-order valence-electron chi connectivity index (χ4n) is 2.68. The van der Waals surface area contributed by atoms with Crippen LogP contribution in [0.1, 0.15) is 24.5 Å². The quantitative estimate of drug-likeness (QED) is 0.903. The van der Waals surface area contributed by atoms with Crippen LogP contribution in [0.4, 0.5) is 0 Å². The lowest BCUT2D eigenvalue weighted by Crippen LogP contribution is -2.41. The molecule has 1 heterocycles. The molecule has 1 aromatic rings. The van der Waals surface area contributed by atoms with Crippen LogP contribution >= 0.6 is 0 Å². The Labute approximate surface area is 114 Å². The highest BCUT2D eigenvalue weighted by atomic mass is 16.5. The van der Waals surface area contributed by atoms with Gasteiger partial charge in [-0.05, 0) is 30.9 Å². The second-order valence-corrected chi connectivity index (χ2v) is 5.27. The highest BCUT2D eigenvalue weighted by Gasteiger charge is 2.36. The van der Waals surface area contributed by atoms with E-state index in [9.17, 15) is 0 Å². The average Bonchev–Trinajstić information content (AvgIpc) is 3.31. The molecule has 1 aromatic carbocycles. The van der Waals surface area contributed by atoms with Crippen molar-refractivity contribution in [2.45, 2.75) is 25.0 Å². The van der Waals surface area contributed by atoms with Gasteiger partial charge in [0.1, 0.15) is 11.5 Å². The SMILES string of the molecule is COc1ccc(C2CNCC(C3CC3)O2)c(OC)c1. The van der Waals surface area contributed by atoms with E-state index in [2.05, 4.69) is 5.32 Å². The zero-order valence-corrected chi connectivity index (χ0v) is 11.5. The summed E-state index contributed by atoms with van der Waals surface area (Å²) in [6.07, 6.45) is 3.03. The summed E-state index contributed by atoms with van der Waals surface area (Å²) in [7, 11) is 3.35. The van der Waals surface area contributed by atoms with E-state index < -0.39 is 0 Å². The fourth-order valence-corrected chi connectivity index (χ4v) is 2.68. The van der Waals surface area contributed by atoms with E-state index in [1.54, 1.807) is 14.2 Å². The minimum absolute atomic E-state index is 0.0696. The highest BCUT2D eigenvalue weighted by Crippen LogP contribution is 2.39. The number of morpholine rings is 1. The van der Waals surface area contributed by atoms with Crippen LogP contribution in [0, 0.1) is 5.92 Å². The molecule has 104 valence electrons. The van der Waals surface area contributed by atoms with Gasteiger partial charge in [-0.2, -0.15) is 0 Å². The zero-order chi connectivity index (χ0) is 13.2. The van der Waals surface area contributed by atoms with Crippen LogP contribution in [0.25, 0.3) is 0 Å². The third-order valence-electron chi connectivity index (χ3n) is 3.95. The summed E-state index contributed by atoms with van der Waals surface area (Å²) in [5.74, 6) is 2.39. The van der Waals surface area contributed by atoms with Crippen LogP contribution in [0.3, 0.4) is 0 Å². The Bertz CT molecular complexity index is 445. The molecular formula is C15H21NO3. The van der Waals surface area contributed by atoms with Crippen LogP contribution < -0.4 is 14.8 Å². The number of rotatable bonds is 4. The van der Waals surface area contributed by atoms with Crippen molar-refractivity contribution in [3.05, 3.63) is 23.8 Å². The van der Waals surface area contributed by atoms with Crippen molar-refractivity contribution < 1.29 is 14.2 Å². The molecular weight excluding hydrogens is 242 g/mol. The first kappa shape index (κ1) is 12.8. The number of hydrogen-bond donors (Lipinski definition) is 1. The monoisotopic (exact) mass is 263 g/mol. The lowest BCUT2D eigenvalue weighted by atomic mass is 10.0. The Hall–Kier alpha value is -1.26. The van der Waals surface area contributed by atoms with Crippen molar-refractivity contribution in [1.82, 2.24) is 5.32 Å². The first-order valence-corrected chi connectivity index (χ1v) is 6.90. The molecule has 0 radical (unpaired) electrons. The number of nitrogens with one attached hydrogen (secondary N) is 1. The van der Waals surface area contributed by atoms with Gasteiger partial charge in [-0.15, -0.1) is 0 Å². The standard InChI is InChI=1S/C15H21NO3/c1-17-11-5-6-12(13(7-11)18-2)15-9-16-8-14(19-15)10-3-4-10/h5-7,10,14-16H,3-4,8-9H2,1-2H3. The Morgan fingerprint density at radius 1 is 1.16 bits per heavy atom. The van der Waals surface area contributed by atoms with Gasteiger partial charge in [0.2, 0.25) is 0 Å². The molecule has 2 atom stereocenters. The normalized spacial score (nSPS) is 27.1. The largest absolute Gasteiger partial charge is 0.497 e. The number of methoxy groups -OCH3 is 2. The van der Waals surface area contributed by atoms with Crippen molar-refractivity contribution >= 4 is 0 Å². The summed E-state index contributed by atoms with van der Waals surface area (Å²) in [6, 6.07) is 5.92. The second-order valence-electron chi connectivity index (χ2n) is 5.27. The predicted molar refractivity (Wildman–Crippen MR) is 72.8 cm³/mol. The van der Waals surface area contributed by atoms with Gasteiger partial charge in [-0.3, -0.25) is 0 Å². The third-order valence-corrected chi connectivity index (χ3v) is 3.95. The van der Waals surface area contributed by atoms with Gasteiger partial charge < -0.3 is 19.5 Å². The van der Waals surface area contributed by atoms with E-state index in [1.165, 1.54) is 12.8 Å². The molecule has 2 fully saturated rings. The van der Waals surface area contributed by atoms with Crippen molar-refractivity contribution in [2.75, 3.05) is 27.3 Å². The molecule has 2 aliphatic rings. The molecule has 1 N–H and O–H groups in total. The van der Waals surface area contributed by atoms with Gasteiger partial charge in [0, 0.05) is 24.7 Å². The maximum absolute atomic E-state index is 6.23. The molecule has 19 heavy (non-hydrogen) atoms. The Morgan fingerprint density at radius 3 is 2.68 bits per heavy atom. The van der Waals surface area contributed by atoms with Crippen LogP contribution in [0.5, 0.6) is 11.5 Å². The Kier molecular flexibility index (Phi) is 3.62. The first-order valence-electron chi connectivity index (χ1n) is 6.90. The van der Waals surface area contributed by atoms with Crippen molar-refractivity contribution in [2.24, 2.45) is 5.92 Å². The Balaban J connectivity index is 1.79. The van der Waals surface area contributed by atoms with Crippen molar-refractivity contribution in [3.63, 3.8) is 0 Å². The van der Waals surface area contributed by atoms with Gasteiger partial charge in [0.15, 0.2) is 0 Å². The first-order chi connectivity index (χ1) is 9.31. The van der Waals surface area contributed by atoms with Crippen LogP contribution in [-0.2, 0) is 4.74 Å². The van der Waals surface area contributed by atoms with Crippen molar-refractivity contribution in [1.29, 1.82) is 0 Å². The number of benzene rings is 1. The number of hydrogen-bond acceptors (Lipinski definition) is 4. The predicted octanol–water partition coefficient (Wildman–Crippen LogP) is 2.14. The summed E-state index contributed by atoms with van der Waals surface area (Å²) in [5, 5.41) is 3.47. The summed E-state index contributed by atoms with van der Waals surface area (Å²) >= 11 is 0. The van der Waals surface area contributed by atoms with E-state index in [0.29, 0.717) is 6.10 Å². The molecule has 0 amide bonds. The van der Waals surface area contributed by atoms with E-state index in [-0.39, 0.29) is 6.10 Å². The van der Waals surface area contributed by atoms with Crippen LogP contribution in [-0.4, -0.2) is 33.4 Å². The molecule has 2 unspecified atom stereocenters. The smallest absolute Gasteiger partial charge is 0.128 e. The van der Waals surface area contributed by atoms with Gasteiger partial charge in [0.25, 0.3) is 0 Å². The summed E-state index contributed by atoms with van der Waals surface area (Å²) in [5.41, 5.74) is 1.10. The maximum Gasteiger partial charge on any atom is 0.128 e. The van der Waals surface area contributed by atoms with Gasteiger partial charge in [0.05, 0.1) is 26.4 Å². The van der Waals surface area contributed by atoms with Gasteiger partial charge in [-0.25, -0.2) is 0 Å². The van der Waals surface area contributed by atoms with Gasteiger partial charge >= 0.3 is 0 Å². The fraction of sp³-hybridized carbons (Fsp3) is 0.600. The van der Waals surface area contributed by atoms with Crippen LogP contribution in [0.2, 0.25) is 0 Å². The molecule has 4 heteroatoms. The molecule has 1 saturated heterocycles. The van der Waals surface area contributed by atoms with E-state index in [1.807, 2.05) is 18.2 Å². The molecule has 0 bridgehead atoms. The average molecular weight is 263 g/mol. The molecule has 4 nitrogen and oxygen atoms in total. The summed E-state index contributed by atoms with van der Waals surface area (Å²) in [6.45, 7) is 1.81. The van der Waals surface area contributed by atoms with E-state index >= 15 is 0 Å². The number of ether oxygens (including phenoxy) is 3. The van der Waals surface area contributed by atoms with Gasteiger partial charge in [-0.1, -0.05) is 0 Å². The highest BCUT2D eigenvalue weighted by molar-refractivity contribution is 5.42. The lowest BCUT2D eigenvalue weighted by Gasteiger charge is -2.32. The summed E-state index contributed by atoms with van der Waals surface area (Å²) < 4.78 is 16.9. The molecule has 0 aromatic heterocycles. The molecule has 1 saturated carbocycles. The topological polar surface area (TPSA) is 39.7 Å². The molecule has 0 spiro atoms. The zero-order valence-electron chi connectivity index (χ0n) is 11.5. The Morgan fingerprint density at radius 2 is 2.00 bits per heavy atom. The summed E-state index contributed by atoms with van der Waals surface area (Å²) in [4.78, 5) is 0. The van der Waals surface area contributed by atoms with E-state index in [4.69, 9.17) is 14.2 Å². The van der Waals surface area contributed by atoms with Crippen LogP contribution in [0.15, 0.2) is 18.2 Å². The molecule has 1 aliphatic carbocycles. The minimum atomic E-state index is 0.0696. The third kappa shape index (κ3) is 2.69. The molecule has 1 aliphatic heterocycles. The second kappa shape index (κ2) is 5.39. The van der Waals surface area contributed by atoms with E-state index in [0.717, 1.165) is 36.1 Å². The lowest BCUT2D eigenvalue weighted by molar-refractivity contribution is -0.0501.